The van der Waals surface area contributed by atoms with Crippen molar-refractivity contribution >= 4 is 18.1 Å². The lowest BCUT2D eigenvalue weighted by Crippen LogP contribution is -2.09. The van der Waals surface area contributed by atoms with Crippen LogP contribution in [0.25, 0.3) is 0 Å². The molecule has 6 heteroatoms. The van der Waals surface area contributed by atoms with Gasteiger partial charge in [0.15, 0.2) is 0 Å². The number of hydrogen-bond donors (Lipinski definition) is 0. The van der Waals surface area contributed by atoms with E-state index in [1.54, 1.807) is 0 Å². The van der Waals surface area contributed by atoms with Gasteiger partial charge in [0, 0.05) is 0 Å². The number of rotatable bonds is 3. The van der Waals surface area contributed by atoms with Crippen LogP contribution in [-0.4, -0.2) is 24.5 Å². The first kappa shape index (κ1) is 14.6. The van der Waals surface area contributed by atoms with Crippen molar-refractivity contribution in [3.8, 4) is 0 Å². The van der Waals surface area contributed by atoms with Crippen molar-refractivity contribution in [2.75, 3.05) is 17.3 Å². The second kappa shape index (κ2) is 7.77. The first-order valence-electron chi connectivity index (χ1n) is 3.86. The van der Waals surface area contributed by atoms with Gasteiger partial charge in [0.2, 0.25) is 0 Å². The highest BCUT2D eigenvalue weighted by atomic mass is 32.2. The van der Waals surface area contributed by atoms with Crippen molar-refractivity contribution in [3.05, 3.63) is 0 Å². The van der Waals surface area contributed by atoms with Gasteiger partial charge in [-0.15, -0.1) is 0 Å². The molecule has 0 radical (unpaired) electrons. The predicted molar refractivity (Wildman–Crippen MR) is 49.2 cm³/mol. The van der Waals surface area contributed by atoms with Crippen LogP contribution >= 0.6 is 0 Å². The van der Waals surface area contributed by atoms with Crippen molar-refractivity contribution in [3.63, 3.8) is 0 Å². The lowest BCUT2D eigenvalue weighted by atomic mass is 10.3. The molecule has 0 aromatic carbocycles. The summed E-state index contributed by atoms with van der Waals surface area (Å²) in [4.78, 5) is 0. The molecule has 12 heavy (non-hydrogen) atoms. The molecule has 0 rings (SSSR count). The minimum atomic E-state index is -6.00. The first-order valence-corrected chi connectivity index (χ1v) is 5.59. The van der Waals surface area contributed by atoms with E-state index in [0.717, 1.165) is 10.9 Å². The van der Waals surface area contributed by atoms with Crippen LogP contribution in [0, 0.1) is 0 Å². The Morgan fingerprint density at radius 1 is 0.833 bits per heavy atom. The van der Waals surface area contributed by atoms with Crippen LogP contribution < -0.4 is 0 Å². The SMILES string of the molecule is CC[S+](CC)CC.F[B-](F)(F)F. The zero-order valence-electron chi connectivity index (χ0n) is 7.62. The maximum absolute atomic E-state index is 9.75. The average molecular weight is 206 g/mol. The molecule has 0 aliphatic rings. The zero-order valence-corrected chi connectivity index (χ0v) is 8.44. The molecule has 76 valence electrons. The Hall–Kier alpha value is 0.135. The molecule has 0 saturated heterocycles. The van der Waals surface area contributed by atoms with E-state index in [-0.39, 0.29) is 0 Å². The summed E-state index contributed by atoms with van der Waals surface area (Å²) in [6.45, 7) is 6.82. The quantitative estimate of drug-likeness (QED) is 0.378. The van der Waals surface area contributed by atoms with Crippen LogP contribution in [0.3, 0.4) is 0 Å². The third-order valence-corrected chi connectivity index (χ3v) is 3.67. The van der Waals surface area contributed by atoms with Gasteiger partial charge >= 0.3 is 7.25 Å². The van der Waals surface area contributed by atoms with E-state index in [0.29, 0.717) is 0 Å². The standard InChI is InChI=1S/C6H15S.BF4/c1-4-7(5-2)6-3;2-1(3,4)5/h4-6H2,1-3H3;/q+1;-1. The molecule has 0 heterocycles. The average Bonchev–Trinajstić information content (AvgIpc) is 1.88. The Kier molecular flexibility index (Phi) is 9.48. The van der Waals surface area contributed by atoms with Gasteiger partial charge in [-0.25, -0.2) is 0 Å². The van der Waals surface area contributed by atoms with Crippen LogP contribution in [0.4, 0.5) is 17.3 Å². The molecule has 0 atom stereocenters. The normalized spacial score (nSPS) is 11.0. The van der Waals surface area contributed by atoms with Crippen molar-refractivity contribution in [2.24, 2.45) is 0 Å². The van der Waals surface area contributed by atoms with Crippen molar-refractivity contribution < 1.29 is 17.3 Å². The summed E-state index contributed by atoms with van der Waals surface area (Å²) in [5, 5.41) is 0. The third-order valence-electron chi connectivity index (χ3n) is 1.22. The van der Waals surface area contributed by atoms with E-state index in [1.807, 2.05) is 0 Å². The van der Waals surface area contributed by atoms with Gasteiger partial charge in [-0.3, -0.25) is 0 Å². The number of hydrogen-bond acceptors (Lipinski definition) is 0. The van der Waals surface area contributed by atoms with E-state index >= 15 is 0 Å². The van der Waals surface area contributed by atoms with Crippen molar-refractivity contribution in [2.45, 2.75) is 20.8 Å². The van der Waals surface area contributed by atoms with Crippen LogP contribution in [0.15, 0.2) is 0 Å². The van der Waals surface area contributed by atoms with Crippen molar-refractivity contribution in [1.82, 2.24) is 0 Å². The third kappa shape index (κ3) is 22.5. The molecular weight excluding hydrogens is 191 g/mol. The fourth-order valence-corrected chi connectivity index (χ4v) is 1.84. The topological polar surface area (TPSA) is 0 Å². The maximum atomic E-state index is 9.75. The molecule has 0 spiro atoms. The summed E-state index contributed by atoms with van der Waals surface area (Å²) in [5.41, 5.74) is 0. The highest BCUT2D eigenvalue weighted by Gasteiger charge is 2.20. The zero-order chi connectivity index (χ0) is 10.2. The Bertz CT molecular complexity index is 80.5. The summed E-state index contributed by atoms with van der Waals surface area (Å²) in [5.74, 6) is 4.15. The van der Waals surface area contributed by atoms with E-state index < -0.39 is 7.25 Å². The summed E-state index contributed by atoms with van der Waals surface area (Å²) < 4.78 is 39.0. The lowest BCUT2D eigenvalue weighted by molar-refractivity contribution is 0.368. The van der Waals surface area contributed by atoms with Gasteiger partial charge in [0.1, 0.15) is 17.3 Å². The molecule has 0 unspecified atom stereocenters. The van der Waals surface area contributed by atoms with Gasteiger partial charge in [0.25, 0.3) is 0 Å². The maximum Gasteiger partial charge on any atom is 0.673 e. The first-order chi connectivity index (χ1) is 5.35. The Morgan fingerprint density at radius 2 is 1.00 bits per heavy atom. The smallest absolute Gasteiger partial charge is 0.418 e. The summed E-state index contributed by atoms with van der Waals surface area (Å²) in [7, 11) is -5.25. The highest BCUT2D eigenvalue weighted by Crippen LogP contribution is 2.06. The molecule has 0 aromatic heterocycles. The van der Waals surface area contributed by atoms with Crippen molar-refractivity contribution in [1.29, 1.82) is 0 Å². The monoisotopic (exact) mass is 206 g/mol. The van der Waals surface area contributed by atoms with Gasteiger partial charge in [-0.1, -0.05) is 0 Å². The molecule has 0 fully saturated rings. The molecule has 0 aliphatic carbocycles. The van der Waals surface area contributed by atoms with Crippen LogP contribution in [0.2, 0.25) is 0 Å². The van der Waals surface area contributed by atoms with E-state index in [1.165, 1.54) is 17.3 Å². The van der Waals surface area contributed by atoms with E-state index in [9.17, 15) is 17.3 Å². The Labute approximate surface area is 74.2 Å². The molecule has 0 bridgehead atoms. The fraction of sp³-hybridized carbons (Fsp3) is 1.00. The van der Waals surface area contributed by atoms with Gasteiger partial charge in [0.05, 0.1) is 0 Å². The Morgan fingerprint density at radius 3 is 1.00 bits per heavy atom. The largest absolute Gasteiger partial charge is 0.673 e. The molecule has 0 amide bonds. The molecular formula is C6H15BF4S. The highest BCUT2D eigenvalue weighted by molar-refractivity contribution is 7.96. The predicted octanol–water partition coefficient (Wildman–Crippen LogP) is 2.96. The molecule has 0 nitrogen and oxygen atoms in total. The van der Waals surface area contributed by atoms with Crippen LogP contribution in [0.1, 0.15) is 20.8 Å². The van der Waals surface area contributed by atoms with Gasteiger partial charge < -0.3 is 17.3 Å². The summed E-state index contributed by atoms with van der Waals surface area (Å²) in [6, 6.07) is 0. The fourth-order valence-electron chi connectivity index (χ4n) is 0.612. The van der Waals surface area contributed by atoms with Crippen LogP contribution in [0.5, 0.6) is 0 Å². The van der Waals surface area contributed by atoms with E-state index in [4.69, 9.17) is 0 Å². The summed E-state index contributed by atoms with van der Waals surface area (Å²) in [6.07, 6.45) is 0. The minimum absolute atomic E-state index is 0.755. The number of halogens is 4. The van der Waals surface area contributed by atoms with E-state index in [2.05, 4.69) is 20.8 Å². The minimum Gasteiger partial charge on any atom is -0.418 e. The lowest BCUT2D eigenvalue weighted by Gasteiger charge is -1.96. The second-order valence-corrected chi connectivity index (χ2v) is 4.93. The molecule has 0 aromatic rings. The van der Waals surface area contributed by atoms with Gasteiger partial charge in [-0.05, 0) is 31.7 Å². The molecule has 0 aliphatic heterocycles. The summed E-state index contributed by atoms with van der Waals surface area (Å²) >= 11 is 0. The van der Waals surface area contributed by atoms with Gasteiger partial charge in [-0.2, -0.15) is 0 Å². The van der Waals surface area contributed by atoms with Crippen LogP contribution in [-0.2, 0) is 10.9 Å². The molecule has 0 N–H and O–H groups in total. The molecule has 0 saturated carbocycles. The second-order valence-electron chi connectivity index (χ2n) is 1.97. The Balaban J connectivity index is 0.